The summed E-state index contributed by atoms with van der Waals surface area (Å²) in [6.45, 7) is 1.82. The Labute approximate surface area is 72.5 Å². The molecule has 0 unspecified atom stereocenters. The van der Waals surface area contributed by atoms with E-state index in [1.165, 1.54) is 11.3 Å². The molecule has 0 saturated carbocycles. The predicted molar refractivity (Wildman–Crippen MR) is 44.7 cm³/mol. The minimum Gasteiger partial charge on any atom is -0.241 e. The first-order chi connectivity index (χ1) is 5.81. The van der Waals surface area contributed by atoms with Crippen molar-refractivity contribution in [2.75, 3.05) is 0 Å². The Bertz CT molecular complexity index is 468. The molecule has 0 saturated heterocycles. The van der Waals surface area contributed by atoms with E-state index in [1.807, 2.05) is 13.0 Å². The van der Waals surface area contributed by atoms with Crippen molar-refractivity contribution in [1.82, 2.24) is 15.0 Å². The first-order valence-corrected chi connectivity index (χ1v) is 4.17. The molecule has 2 heterocycles. The highest BCUT2D eigenvalue weighted by Gasteiger charge is 2.05. The van der Waals surface area contributed by atoms with Crippen molar-refractivity contribution in [2.45, 2.75) is 6.92 Å². The molecular weight excluding hydrogens is 172 g/mol. The standard InChI is InChI=1S/C7H4N4S/c1-4-6-7(12-3-9-6)11-5(2-8)10-4/h3H,1H3. The summed E-state index contributed by atoms with van der Waals surface area (Å²) in [6, 6.07) is 1.91. The van der Waals surface area contributed by atoms with Gasteiger partial charge in [0.1, 0.15) is 16.4 Å². The van der Waals surface area contributed by atoms with E-state index in [2.05, 4.69) is 15.0 Å². The smallest absolute Gasteiger partial charge is 0.233 e. The number of hydrogen-bond acceptors (Lipinski definition) is 5. The molecular formula is C7H4N4S. The molecule has 12 heavy (non-hydrogen) atoms. The lowest BCUT2D eigenvalue weighted by Crippen LogP contribution is -1.91. The maximum absolute atomic E-state index is 8.57. The van der Waals surface area contributed by atoms with E-state index in [4.69, 9.17) is 5.26 Å². The van der Waals surface area contributed by atoms with E-state index in [-0.39, 0.29) is 5.82 Å². The Balaban J connectivity index is 2.86. The third-order valence-corrected chi connectivity index (χ3v) is 2.19. The molecule has 0 atom stereocenters. The summed E-state index contributed by atoms with van der Waals surface area (Å²) in [7, 11) is 0. The van der Waals surface area contributed by atoms with Crippen LogP contribution in [0.2, 0.25) is 0 Å². The second-order valence-corrected chi connectivity index (χ2v) is 3.08. The largest absolute Gasteiger partial charge is 0.241 e. The normalized spacial score (nSPS) is 10.0. The van der Waals surface area contributed by atoms with Crippen LogP contribution in [0.5, 0.6) is 0 Å². The van der Waals surface area contributed by atoms with Crippen LogP contribution in [0, 0.1) is 18.3 Å². The van der Waals surface area contributed by atoms with Gasteiger partial charge in [-0.2, -0.15) is 5.26 Å². The van der Waals surface area contributed by atoms with Gasteiger partial charge in [0.25, 0.3) is 0 Å². The van der Waals surface area contributed by atoms with Crippen molar-refractivity contribution in [2.24, 2.45) is 0 Å². The number of fused-ring (bicyclic) bond motifs is 1. The monoisotopic (exact) mass is 176 g/mol. The third-order valence-electron chi connectivity index (χ3n) is 1.47. The zero-order valence-electron chi connectivity index (χ0n) is 6.27. The van der Waals surface area contributed by atoms with Gasteiger partial charge in [0.05, 0.1) is 11.2 Å². The van der Waals surface area contributed by atoms with Crippen molar-refractivity contribution in [3.8, 4) is 6.07 Å². The molecule has 2 rings (SSSR count). The van der Waals surface area contributed by atoms with Crippen LogP contribution in [0.15, 0.2) is 5.51 Å². The lowest BCUT2D eigenvalue weighted by Gasteiger charge is -1.92. The molecule has 0 spiro atoms. The predicted octanol–water partition coefficient (Wildman–Crippen LogP) is 1.27. The van der Waals surface area contributed by atoms with Crippen molar-refractivity contribution in [3.63, 3.8) is 0 Å². The van der Waals surface area contributed by atoms with Crippen LogP contribution in [0.3, 0.4) is 0 Å². The van der Waals surface area contributed by atoms with Gasteiger partial charge in [-0.05, 0) is 6.92 Å². The quantitative estimate of drug-likeness (QED) is 0.606. The molecule has 2 aromatic rings. The van der Waals surface area contributed by atoms with Crippen LogP contribution in [-0.4, -0.2) is 15.0 Å². The highest BCUT2D eigenvalue weighted by molar-refractivity contribution is 7.16. The number of aryl methyl sites for hydroxylation is 1. The summed E-state index contributed by atoms with van der Waals surface area (Å²) in [6.07, 6.45) is 0. The molecule has 0 radical (unpaired) electrons. The number of hydrogen-bond donors (Lipinski definition) is 0. The molecule has 4 nitrogen and oxygen atoms in total. The molecule has 2 aromatic heterocycles. The summed E-state index contributed by atoms with van der Waals surface area (Å²) in [5.74, 6) is 0.212. The van der Waals surface area contributed by atoms with E-state index >= 15 is 0 Å². The first kappa shape index (κ1) is 7.13. The van der Waals surface area contributed by atoms with Crippen molar-refractivity contribution < 1.29 is 0 Å². The second-order valence-electron chi connectivity index (χ2n) is 2.25. The molecule has 58 valence electrons. The van der Waals surface area contributed by atoms with Crippen molar-refractivity contribution >= 4 is 21.7 Å². The van der Waals surface area contributed by atoms with E-state index < -0.39 is 0 Å². The fraction of sp³-hybridized carbons (Fsp3) is 0.143. The molecule has 5 heteroatoms. The first-order valence-electron chi connectivity index (χ1n) is 3.29. The van der Waals surface area contributed by atoms with Gasteiger partial charge in [-0.15, -0.1) is 11.3 Å². The summed E-state index contributed by atoms with van der Waals surface area (Å²) in [5, 5.41) is 8.57. The van der Waals surface area contributed by atoms with Crippen LogP contribution in [0.4, 0.5) is 0 Å². The molecule has 0 aromatic carbocycles. The van der Waals surface area contributed by atoms with Crippen molar-refractivity contribution in [3.05, 3.63) is 17.0 Å². The minimum absolute atomic E-state index is 0.212. The Morgan fingerprint density at radius 3 is 3.08 bits per heavy atom. The van der Waals surface area contributed by atoms with Gasteiger partial charge in [-0.25, -0.2) is 15.0 Å². The fourth-order valence-electron chi connectivity index (χ4n) is 0.950. The number of nitriles is 1. The molecule has 0 fully saturated rings. The average molecular weight is 176 g/mol. The molecule has 0 N–H and O–H groups in total. The van der Waals surface area contributed by atoms with E-state index in [0.29, 0.717) is 0 Å². The fourth-order valence-corrected chi connectivity index (χ4v) is 1.66. The van der Waals surface area contributed by atoms with Crippen LogP contribution in [0.25, 0.3) is 10.3 Å². The molecule has 0 aliphatic carbocycles. The van der Waals surface area contributed by atoms with Gasteiger partial charge < -0.3 is 0 Å². The SMILES string of the molecule is Cc1nc(C#N)nc2scnc12. The van der Waals surface area contributed by atoms with Gasteiger partial charge in [-0.1, -0.05) is 0 Å². The zero-order chi connectivity index (χ0) is 8.55. The van der Waals surface area contributed by atoms with Crippen LogP contribution in [-0.2, 0) is 0 Å². The molecule has 0 aliphatic rings. The highest BCUT2D eigenvalue weighted by Crippen LogP contribution is 2.16. The number of thiazole rings is 1. The summed E-state index contributed by atoms with van der Waals surface area (Å²) in [4.78, 5) is 12.8. The van der Waals surface area contributed by atoms with Crippen LogP contribution < -0.4 is 0 Å². The van der Waals surface area contributed by atoms with Gasteiger partial charge in [0.15, 0.2) is 0 Å². The van der Waals surface area contributed by atoms with Gasteiger partial charge in [0.2, 0.25) is 5.82 Å². The van der Waals surface area contributed by atoms with Gasteiger partial charge >= 0.3 is 0 Å². The summed E-state index contributed by atoms with van der Waals surface area (Å²) < 4.78 is 0. The summed E-state index contributed by atoms with van der Waals surface area (Å²) in [5.41, 5.74) is 3.25. The Morgan fingerprint density at radius 1 is 1.50 bits per heavy atom. The maximum atomic E-state index is 8.57. The van der Waals surface area contributed by atoms with Gasteiger partial charge in [-0.3, -0.25) is 0 Å². The number of aromatic nitrogens is 3. The Morgan fingerprint density at radius 2 is 2.33 bits per heavy atom. The van der Waals surface area contributed by atoms with E-state index in [1.54, 1.807) is 5.51 Å². The maximum Gasteiger partial charge on any atom is 0.233 e. The number of nitrogens with zero attached hydrogens (tertiary/aromatic N) is 4. The average Bonchev–Trinajstić information content (AvgIpc) is 2.52. The van der Waals surface area contributed by atoms with E-state index in [0.717, 1.165) is 16.0 Å². The summed E-state index contributed by atoms with van der Waals surface area (Å²) >= 11 is 1.42. The third kappa shape index (κ3) is 0.933. The lowest BCUT2D eigenvalue weighted by atomic mass is 10.4. The second kappa shape index (κ2) is 2.50. The topological polar surface area (TPSA) is 62.5 Å². The molecule has 0 aliphatic heterocycles. The molecule has 0 amide bonds. The number of rotatable bonds is 0. The lowest BCUT2D eigenvalue weighted by molar-refractivity contribution is 1.10. The van der Waals surface area contributed by atoms with E-state index in [9.17, 15) is 0 Å². The van der Waals surface area contributed by atoms with Gasteiger partial charge in [0, 0.05) is 0 Å². The highest BCUT2D eigenvalue weighted by atomic mass is 32.1. The van der Waals surface area contributed by atoms with Crippen LogP contribution in [0.1, 0.15) is 11.5 Å². The van der Waals surface area contributed by atoms with Crippen molar-refractivity contribution in [1.29, 1.82) is 5.26 Å². The Hall–Kier alpha value is -1.54. The minimum atomic E-state index is 0.212. The zero-order valence-corrected chi connectivity index (χ0v) is 7.09. The Kier molecular flexibility index (Phi) is 1.48. The molecule has 0 bridgehead atoms. The van der Waals surface area contributed by atoms with Crippen LogP contribution >= 0.6 is 11.3 Å².